The number of benzene rings is 3. The summed E-state index contributed by atoms with van der Waals surface area (Å²) in [5.41, 5.74) is 4.55. The van der Waals surface area contributed by atoms with Crippen molar-refractivity contribution >= 4 is 17.6 Å². The number of rotatable bonds is 12. The van der Waals surface area contributed by atoms with Gasteiger partial charge in [-0.1, -0.05) is 48.5 Å². The van der Waals surface area contributed by atoms with Gasteiger partial charge in [-0.25, -0.2) is 4.79 Å². The van der Waals surface area contributed by atoms with E-state index in [0.717, 1.165) is 24.0 Å². The molecular weight excluding hydrogens is 478 g/mol. The molecule has 0 bridgehead atoms. The van der Waals surface area contributed by atoms with Gasteiger partial charge in [-0.05, 0) is 87.9 Å². The molecule has 0 saturated heterocycles. The molecule has 6 heteroatoms. The Balaban J connectivity index is 1.76. The number of hydrogen-bond acceptors (Lipinski definition) is 6. The second-order valence-corrected chi connectivity index (χ2v) is 10.0. The average molecular weight is 518 g/mol. The first-order valence-corrected chi connectivity index (χ1v) is 13.2. The van der Waals surface area contributed by atoms with Crippen molar-refractivity contribution in [3.05, 3.63) is 95.1 Å². The number of esters is 2. The molecule has 0 heterocycles. The number of aliphatic hydroxyl groups is 1. The van der Waals surface area contributed by atoms with Gasteiger partial charge in [-0.2, -0.15) is 0 Å². The van der Waals surface area contributed by atoms with Crippen molar-refractivity contribution in [1.29, 1.82) is 0 Å². The van der Waals surface area contributed by atoms with Crippen molar-refractivity contribution in [3.63, 3.8) is 0 Å². The van der Waals surface area contributed by atoms with Crippen molar-refractivity contribution < 1.29 is 24.2 Å². The van der Waals surface area contributed by atoms with Crippen molar-refractivity contribution in [2.75, 3.05) is 4.90 Å². The average Bonchev–Trinajstić information content (AvgIpc) is 2.88. The molecule has 1 N–H and O–H groups in total. The Morgan fingerprint density at radius 1 is 0.842 bits per heavy atom. The number of aryl methyl sites for hydroxylation is 2. The van der Waals surface area contributed by atoms with E-state index in [1.165, 1.54) is 18.2 Å². The van der Waals surface area contributed by atoms with Crippen LogP contribution in [-0.2, 0) is 33.8 Å². The van der Waals surface area contributed by atoms with Crippen molar-refractivity contribution in [2.24, 2.45) is 0 Å². The Hall–Kier alpha value is -3.64. The van der Waals surface area contributed by atoms with Crippen molar-refractivity contribution in [1.82, 2.24) is 0 Å². The van der Waals surface area contributed by atoms with Crippen LogP contribution in [0.1, 0.15) is 69.4 Å². The highest BCUT2D eigenvalue weighted by atomic mass is 16.6. The molecule has 0 unspecified atom stereocenters. The summed E-state index contributed by atoms with van der Waals surface area (Å²) in [7, 11) is 0. The molecule has 0 amide bonds. The Kier molecular flexibility index (Phi) is 10.5. The Morgan fingerprint density at radius 3 is 2.18 bits per heavy atom. The van der Waals surface area contributed by atoms with Crippen LogP contribution in [0.2, 0.25) is 0 Å². The third kappa shape index (κ3) is 7.93. The number of carbonyl (C=O) groups is 2. The molecule has 202 valence electrons. The predicted octanol–water partition coefficient (Wildman–Crippen LogP) is 6.19. The number of carbonyl (C=O) groups excluding carboxylic acids is 2. The standard InChI is InChI=1S/C32H39NO5/c1-22(2)33(23(3)4)29-16-10-12-25(20-29)11-9-15-28-19-26(21-34)17-18-30(28)38-32(36)31(37-24(5)35)27-13-7-6-8-14-27/h6-8,10,12-14,16-20,22-23,31,34H,9,11,15,21H2,1-5H3/t31-/m1/s1. The van der Waals surface area contributed by atoms with Crippen LogP contribution >= 0.6 is 0 Å². The highest BCUT2D eigenvalue weighted by molar-refractivity contribution is 5.82. The molecule has 3 aromatic carbocycles. The summed E-state index contributed by atoms with van der Waals surface area (Å²) >= 11 is 0. The van der Waals surface area contributed by atoms with Crippen molar-refractivity contribution in [3.8, 4) is 5.75 Å². The van der Waals surface area contributed by atoms with Gasteiger partial charge in [-0.15, -0.1) is 0 Å². The Morgan fingerprint density at radius 2 is 1.55 bits per heavy atom. The fourth-order valence-electron chi connectivity index (χ4n) is 4.78. The summed E-state index contributed by atoms with van der Waals surface area (Å²) in [4.78, 5) is 27.2. The lowest BCUT2D eigenvalue weighted by atomic mass is 10.0. The van der Waals surface area contributed by atoms with E-state index >= 15 is 0 Å². The van der Waals surface area contributed by atoms with Gasteiger partial charge < -0.3 is 19.5 Å². The minimum absolute atomic E-state index is 0.108. The van der Waals surface area contributed by atoms with Gasteiger partial charge in [0.25, 0.3) is 0 Å². The molecule has 0 aliphatic heterocycles. The monoisotopic (exact) mass is 517 g/mol. The zero-order valence-corrected chi connectivity index (χ0v) is 23.0. The fraction of sp³-hybridized carbons (Fsp3) is 0.375. The molecule has 0 aromatic heterocycles. The fourth-order valence-corrected chi connectivity index (χ4v) is 4.78. The molecule has 3 rings (SSSR count). The number of hydrogen-bond donors (Lipinski definition) is 1. The van der Waals surface area contributed by atoms with Gasteiger partial charge in [0, 0.05) is 30.3 Å². The van der Waals surface area contributed by atoms with Gasteiger partial charge in [0.1, 0.15) is 5.75 Å². The minimum Gasteiger partial charge on any atom is -0.446 e. The molecule has 38 heavy (non-hydrogen) atoms. The zero-order valence-electron chi connectivity index (χ0n) is 23.0. The van der Waals surface area contributed by atoms with Crippen molar-refractivity contribution in [2.45, 2.75) is 78.7 Å². The Bertz CT molecular complexity index is 1200. The molecule has 6 nitrogen and oxygen atoms in total. The molecule has 0 fully saturated rings. The van der Waals surface area contributed by atoms with E-state index in [-0.39, 0.29) is 6.61 Å². The van der Waals surface area contributed by atoms with Crippen LogP contribution in [0.25, 0.3) is 0 Å². The maximum absolute atomic E-state index is 13.1. The van der Waals surface area contributed by atoms with Crippen LogP contribution in [0.5, 0.6) is 5.75 Å². The summed E-state index contributed by atoms with van der Waals surface area (Å²) in [6.07, 6.45) is 1.18. The topological polar surface area (TPSA) is 76.1 Å². The molecule has 1 atom stereocenters. The van der Waals surface area contributed by atoms with Crippen LogP contribution in [0.3, 0.4) is 0 Å². The summed E-state index contributed by atoms with van der Waals surface area (Å²) in [5.74, 6) is -0.832. The van der Waals surface area contributed by atoms with Crippen LogP contribution in [0.4, 0.5) is 5.69 Å². The SMILES string of the molecule is CC(=O)O[C@@H](C(=O)Oc1ccc(CO)cc1CCCc1cccc(N(C(C)C)C(C)C)c1)c1ccccc1. The summed E-state index contributed by atoms with van der Waals surface area (Å²) < 4.78 is 11.1. The lowest BCUT2D eigenvalue weighted by molar-refractivity contribution is -0.161. The molecule has 3 aromatic rings. The van der Waals surface area contributed by atoms with E-state index in [2.05, 4.69) is 56.9 Å². The largest absolute Gasteiger partial charge is 0.446 e. The van der Waals surface area contributed by atoms with E-state index < -0.39 is 18.0 Å². The number of anilines is 1. The van der Waals surface area contributed by atoms with Gasteiger partial charge in [0.15, 0.2) is 0 Å². The lowest BCUT2D eigenvalue weighted by Gasteiger charge is -2.33. The van der Waals surface area contributed by atoms with Crippen LogP contribution < -0.4 is 9.64 Å². The number of ether oxygens (including phenoxy) is 2. The Labute approximate surface area is 226 Å². The van der Waals surface area contributed by atoms with E-state index in [0.29, 0.717) is 29.8 Å². The van der Waals surface area contributed by atoms with E-state index in [9.17, 15) is 14.7 Å². The predicted molar refractivity (Wildman–Crippen MR) is 150 cm³/mol. The highest BCUT2D eigenvalue weighted by Crippen LogP contribution is 2.27. The van der Waals surface area contributed by atoms with E-state index in [1.807, 2.05) is 12.1 Å². The maximum atomic E-state index is 13.1. The van der Waals surface area contributed by atoms with Crippen LogP contribution in [-0.4, -0.2) is 29.1 Å². The van der Waals surface area contributed by atoms with E-state index in [4.69, 9.17) is 9.47 Å². The summed E-state index contributed by atoms with van der Waals surface area (Å²) in [5, 5.41) is 9.68. The molecule has 0 aliphatic carbocycles. The molecule has 0 saturated carbocycles. The van der Waals surface area contributed by atoms with Gasteiger partial charge in [0.2, 0.25) is 6.10 Å². The maximum Gasteiger partial charge on any atom is 0.357 e. The highest BCUT2D eigenvalue weighted by Gasteiger charge is 2.26. The van der Waals surface area contributed by atoms with Crippen LogP contribution in [0, 0.1) is 0 Å². The molecule has 0 radical (unpaired) electrons. The number of aliphatic hydroxyl groups excluding tert-OH is 1. The second kappa shape index (κ2) is 13.8. The molecule has 0 spiro atoms. The quantitative estimate of drug-likeness (QED) is 0.228. The first-order chi connectivity index (χ1) is 18.2. The lowest BCUT2D eigenvalue weighted by Crippen LogP contribution is -2.36. The van der Waals surface area contributed by atoms with Gasteiger partial charge in [-0.3, -0.25) is 4.79 Å². The first-order valence-electron chi connectivity index (χ1n) is 13.2. The summed E-state index contributed by atoms with van der Waals surface area (Å²) in [6, 6.07) is 23.5. The van der Waals surface area contributed by atoms with Gasteiger partial charge >= 0.3 is 11.9 Å². The molecular formula is C32H39NO5. The summed E-state index contributed by atoms with van der Waals surface area (Å²) in [6.45, 7) is 9.96. The smallest absolute Gasteiger partial charge is 0.357 e. The van der Waals surface area contributed by atoms with Gasteiger partial charge in [0.05, 0.1) is 6.61 Å². The second-order valence-electron chi connectivity index (χ2n) is 10.0. The normalized spacial score (nSPS) is 11.9. The minimum atomic E-state index is -1.16. The molecule has 0 aliphatic rings. The van der Waals surface area contributed by atoms with Crippen LogP contribution in [0.15, 0.2) is 72.8 Å². The van der Waals surface area contributed by atoms with E-state index in [1.54, 1.807) is 36.4 Å². The third-order valence-corrected chi connectivity index (χ3v) is 6.35. The number of nitrogens with zero attached hydrogens (tertiary/aromatic N) is 1. The first kappa shape index (κ1) is 28.9. The third-order valence-electron chi connectivity index (χ3n) is 6.35. The zero-order chi connectivity index (χ0) is 27.7.